The highest BCUT2D eigenvalue weighted by Gasteiger charge is 2.45. The first-order valence-electron chi connectivity index (χ1n) is 12.4. The molecule has 0 saturated carbocycles. The topological polar surface area (TPSA) is 168 Å². The Hall–Kier alpha value is -4.44. The maximum atomic E-state index is 11.1. The Morgan fingerprint density at radius 3 is 2.52 bits per heavy atom. The van der Waals surface area contributed by atoms with Crippen LogP contribution >= 0.6 is 23.2 Å². The lowest BCUT2D eigenvalue weighted by Crippen LogP contribution is -2.34. The third-order valence-corrected chi connectivity index (χ3v) is 6.78. The van der Waals surface area contributed by atoms with Crippen molar-refractivity contribution in [2.45, 2.75) is 31.9 Å². The highest BCUT2D eigenvalue weighted by Crippen LogP contribution is 2.41. The van der Waals surface area contributed by atoms with Crippen molar-refractivity contribution < 1.29 is 34.1 Å². The van der Waals surface area contributed by atoms with Crippen molar-refractivity contribution in [1.82, 2.24) is 19.1 Å². The maximum Gasteiger partial charge on any atom is 0.302 e. The van der Waals surface area contributed by atoms with Gasteiger partial charge in [-0.15, -0.1) is 20.2 Å². The lowest BCUT2D eigenvalue weighted by Gasteiger charge is -2.30. The van der Waals surface area contributed by atoms with Gasteiger partial charge in [0.2, 0.25) is 11.7 Å². The van der Waals surface area contributed by atoms with Crippen LogP contribution in [0.25, 0.3) is 11.3 Å². The first kappa shape index (κ1) is 29.1. The zero-order valence-corrected chi connectivity index (χ0v) is 23.3. The van der Waals surface area contributed by atoms with Gasteiger partial charge in [0.1, 0.15) is 24.2 Å². The van der Waals surface area contributed by atoms with Crippen LogP contribution in [0.15, 0.2) is 61.2 Å². The standard InChI is InChI=1S/C25H22Cl2N6O9/c1-2-31-23(41-32(34)35)22(29-24(31)42-33(36)37)16-3-6-18(7-4-16)38-12-19-13-39-25(40-19,14-30-10-9-28-15-30)20-8-5-17(26)11-21(20)27/h3-11,15,19H,2,12-14H2,1H3. The zero-order chi connectivity index (χ0) is 29.9. The zero-order valence-electron chi connectivity index (χ0n) is 21.8. The van der Waals surface area contributed by atoms with Crippen molar-refractivity contribution in [3.63, 3.8) is 0 Å². The van der Waals surface area contributed by atoms with Gasteiger partial charge in [-0.3, -0.25) is 9.40 Å². The van der Waals surface area contributed by atoms with Gasteiger partial charge in [-0.25, -0.2) is 14.8 Å². The number of aromatic nitrogens is 4. The number of nitrogens with zero attached hydrogens (tertiary/aromatic N) is 6. The summed E-state index contributed by atoms with van der Waals surface area (Å²) in [6.45, 7) is 2.27. The second-order valence-electron chi connectivity index (χ2n) is 8.92. The molecule has 1 aliphatic rings. The van der Waals surface area contributed by atoms with E-state index in [1.54, 1.807) is 68.1 Å². The third-order valence-electron chi connectivity index (χ3n) is 6.23. The van der Waals surface area contributed by atoms with Gasteiger partial charge in [-0.05, 0) is 43.3 Å². The Morgan fingerprint density at radius 2 is 1.88 bits per heavy atom. The molecule has 0 spiro atoms. The Kier molecular flexibility index (Phi) is 8.44. The third kappa shape index (κ3) is 6.23. The van der Waals surface area contributed by atoms with Crippen LogP contribution in [0.2, 0.25) is 10.0 Å². The number of ether oxygens (including phenoxy) is 3. The molecule has 220 valence electrons. The van der Waals surface area contributed by atoms with E-state index < -0.39 is 28.1 Å². The fraction of sp³-hybridized carbons (Fsp3) is 0.280. The van der Waals surface area contributed by atoms with Gasteiger partial charge in [-0.2, -0.15) is 0 Å². The number of imidazole rings is 2. The molecule has 2 unspecified atom stereocenters. The first-order chi connectivity index (χ1) is 20.2. The minimum absolute atomic E-state index is 0.0198. The average molecular weight is 621 g/mol. The molecule has 17 heteroatoms. The van der Waals surface area contributed by atoms with E-state index in [0.29, 0.717) is 26.9 Å². The molecule has 3 heterocycles. The van der Waals surface area contributed by atoms with Gasteiger partial charge >= 0.3 is 10.2 Å². The Labute approximate surface area is 247 Å². The molecule has 5 rings (SSSR count). The molecule has 2 atom stereocenters. The predicted octanol–water partition coefficient (Wildman–Crippen LogP) is 4.56. The highest BCUT2D eigenvalue weighted by molar-refractivity contribution is 6.35. The van der Waals surface area contributed by atoms with E-state index in [1.807, 2.05) is 4.57 Å². The number of hydrogen-bond donors (Lipinski definition) is 0. The molecule has 2 aromatic carbocycles. The molecule has 0 radical (unpaired) electrons. The van der Waals surface area contributed by atoms with E-state index >= 15 is 0 Å². The fourth-order valence-corrected chi connectivity index (χ4v) is 5.01. The van der Waals surface area contributed by atoms with Gasteiger partial charge < -0.3 is 18.8 Å². The van der Waals surface area contributed by atoms with Crippen molar-refractivity contribution in [3.05, 3.63) is 97.0 Å². The summed E-state index contributed by atoms with van der Waals surface area (Å²) in [7, 11) is 0. The second kappa shape index (κ2) is 12.2. The normalized spacial score (nSPS) is 18.1. The lowest BCUT2D eigenvalue weighted by atomic mass is 10.1. The molecule has 2 aromatic heterocycles. The highest BCUT2D eigenvalue weighted by atomic mass is 35.5. The largest absolute Gasteiger partial charge is 0.491 e. The molecule has 15 nitrogen and oxygen atoms in total. The van der Waals surface area contributed by atoms with E-state index in [9.17, 15) is 20.2 Å². The van der Waals surface area contributed by atoms with E-state index in [4.69, 9.17) is 37.4 Å². The summed E-state index contributed by atoms with van der Waals surface area (Å²) in [6, 6.07) is 11.0. The number of rotatable bonds is 12. The van der Waals surface area contributed by atoms with Gasteiger partial charge in [0, 0.05) is 35.1 Å². The molecule has 1 fully saturated rings. The Balaban J connectivity index is 1.31. The summed E-state index contributed by atoms with van der Waals surface area (Å²) in [5.41, 5.74) is 0.958. The van der Waals surface area contributed by atoms with Crippen molar-refractivity contribution in [3.8, 4) is 28.9 Å². The van der Waals surface area contributed by atoms with Crippen LogP contribution in [0.3, 0.4) is 0 Å². The average Bonchev–Trinajstić information content (AvgIpc) is 3.67. The summed E-state index contributed by atoms with van der Waals surface area (Å²) in [6.07, 6.45) is 4.59. The molecular weight excluding hydrogens is 599 g/mol. The number of halogens is 2. The van der Waals surface area contributed by atoms with Gasteiger partial charge in [0.15, 0.2) is 0 Å². The minimum atomic E-state index is -1.21. The van der Waals surface area contributed by atoms with Crippen LogP contribution in [0.1, 0.15) is 12.5 Å². The van der Waals surface area contributed by atoms with Crippen molar-refractivity contribution in [2.24, 2.45) is 0 Å². The van der Waals surface area contributed by atoms with E-state index in [1.165, 1.54) is 0 Å². The maximum absolute atomic E-state index is 11.1. The van der Waals surface area contributed by atoms with Crippen LogP contribution < -0.4 is 14.4 Å². The van der Waals surface area contributed by atoms with Crippen molar-refractivity contribution in [1.29, 1.82) is 0 Å². The van der Waals surface area contributed by atoms with Gasteiger partial charge in [0.05, 0.1) is 24.5 Å². The summed E-state index contributed by atoms with van der Waals surface area (Å²) < 4.78 is 21.4. The molecule has 0 N–H and O–H groups in total. The van der Waals surface area contributed by atoms with Crippen LogP contribution in [0, 0.1) is 20.2 Å². The molecule has 0 amide bonds. The van der Waals surface area contributed by atoms with Crippen LogP contribution in [0.5, 0.6) is 17.6 Å². The van der Waals surface area contributed by atoms with Crippen LogP contribution in [-0.2, 0) is 28.4 Å². The molecule has 4 aromatic rings. The van der Waals surface area contributed by atoms with Gasteiger partial charge in [0.25, 0.3) is 6.01 Å². The number of benzene rings is 2. The fourth-order valence-electron chi connectivity index (χ4n) is 4.46. The van der Waals surface area contributed by atoms with E-state index in [-0.39, 0.29) is 37.9 Å². The minimum Gasteiger partial charge on any atom is -0.491 e. The molecule has 1 aliphatic heterocycles. The molecule has 42 heavy (non-hydrogen) atoms. The first-order valence-corrected chi connectivity index (χ1v) is 13.1. The monoisotopic (exact) mass is 620 g/mol. The summed E-state index contributed by atoms with van der Waals surface area (Å²) >= 11 is 12.6. The summed E-state index contributed by atoms with van der Waals surface area (Å²) in [5, 5.41) is 20.7. The quantitative estimate of drug-likeness (QED) is 0.161. The van der Waals surface area contributed by atoms with Crippen molar-refractivity contribution >= 4 is 23.2 Å². The van der Waals surface area contributed by atoms with E-state index in [2.05, 4.69) is 19.6 Å². The molecule has 0 aliphatic carbocycles. The Bertz CT molecular complexity index is 1580. The summed E-state index contributed by atoms with van der Waals surface area (Å²) in [4.78, 5) is 39.2. The second-order valence-corrected chi connectivity index (χ2v) is 9.76. The SMILES string of the molecule is CCn1c(O[N+](=O)[O-])nc(-c2ccc(OCC3COC(Cn4ccnc4)(c4ccc(Cl)cc4Cl)O3)cc2)c1O[N+](=O)[O-]. The van der Waals surface area contributed by atoms with E-state index in [0.717, 1.165) is 4.57 Å². The molecular formula is C25H22Cl2N6O9. The smallest absolute Gasteiger partial charge is 0.302 e. The van der Waals surface area contributed by atoms with Crippen LogP contribution in [-0.4, -0.2) is 48.6 Å². The summed E-state index contributed by atoms with van der Waals surface area (Å²) in [5.74, 6) is -1.08. The predicted molar refractivity (Wildman–Crippen MR) is 145 cm³/mol. The van der Waals surface area contributed by atoms with Crippen molar-refractivity contribution in [2.75, 3.05) is 13.2 Å². The lowest BCUT2D eigenvalue weighted by molar-refractivity contribution is -0.716. The molecule has 0 bridgehead atoms. The molecule has 1 saturated heterocycles. The number of hydrogen-bond acceptors (Lipinski definition) is 11. The van der Waals surface area contributed by atoms with Crippen LogP contribution in [0.4, 0.5) is 0 Å². The van der Waals surface area contributed by atoms with Gasteiger partial charge in [-0.1, -0.05) is 29.3 Å². The Morgan fingerprint density at radius 1 is 1.12 bits per heavy atom.